The lowest BCUT2D eigenvalue weighted by atomic mass is 10.1. The maximum Gasteiger partial charge on any atom is 0.387 e. The number of nitrogens with one attached hydrogen (secondary N) is 2. The Morgan fingerprint density at radius 1 is 1.26 bits per heavy atom. The van der Waals surface area contributed by atoms with Gasteiger partial charge in [-0.3, -0.25) is 4.99 Å². The van der Waals surface area contributed by atoms with Crippen LogP contribution in [0.3, 0.4) is 0 Å². The third kappa shape index (κ3) is 6.23. The van der Waals surface area contributed by atoms with Crippen LogP contribution >= 0.6 is 0 Å². The second-order valence-electron chi connectivity index (χ2n) is 6.25. The van der Waals surface area contributed by atoms with Gasteiger partial charge in [-0.05, 0) is 39.7 Å². The average molecular weight is 380 g/mol. The molecule has 0 aliphatic rings. The molecule has 0 bridgehead atoms. The highest BCUT2D eigenvalue weighted by Gasteiger charge is 2.11. The third-order valence-corrected chi connectivity index (χ3v) is 4.18. The van der Waals surface area contributed by atoms with Crippen LogP contribution in [0.1, 0.15) is 34.6 Å². The topological polar surface area (TPSA) is 71.7 Å². The van der Waals surface area contributed by atoms with E-state index in [9.17, 15) is 8.78 Å². The van der Waals surface area contributed by atoms with Crippen molar-refractivity contribution in [1.82, 2.24) is 15.8 Å². The Morgan fingerprint density at radius 3 is 2.67 bits per heavy atom. The highest BCUT2D eigenvalue weighted by atomic mass is 19.3. The Morgan fingerprint density at radius 2 is 2.04 bits per heavy atom. The predicted octanol–water partition coefficient (Wildman–Crippen LogP) is 3.50. The van der Waals surface area contributed by atoms with Crippen molar-refractivity contribution in [2.24, 2.45) is 4.99 Å². The monoisotopic (exact) mass is 380 g/mol. The van der Waals surface area contributed by atoms with Gasteiger partial charge in [0.1, 0.15) is 11.5 Å². The van der Waals surface area contributed by atoms with Crippen molar-refractivity contribution in [3.8, 4) is 5.75 Å². The van der Waals surface area contributed by atoms with E-state index in [-0.39, 0.29) is 5.75 Å². The summed E-state index contributed by atoms with van der Waals surface area (Å²) in [4.78, 5) is 4.16. The maximum atomic E-state index is 12.6. The van der Waals surface area contributed by atoms with Gasteiger partial charge in [-0.2, -0.15) is 8.78 Å². The van der Waals surface area contributed by atoms with Gasteiger partial charge < -0.3 is 19.9 Å². The number of guanidine groups is 1. The number of hydrogen-bond acceptors (Lipinski definition) is 4. The van der Waals surface area contributed by atoms with Crippen molar-refractivity contribution in [1.29, 1.82) is 0 Å². The summed E-state index contributed by atoms with van der Waals surface area (Å²) in [5, 5.41) is 10.3. The number of rotatable bonds is 8. The van der Waals surface area contributed by atoms with E-state index in [0.29, 0.717) is 24.6 Å². The summed E-state index contributed by atoms with van der Waals surface area (Å²) in [5.41, 5.74) is 3.67. The lowest BCUT2D eigenvalue weighted by molar-refractivity contribution is -0.0504. The number of nitrogens with zero attached hydrogens (tertiary/aromatic N) is 2. The van der Waals surface area contributed by atoms with E-state index in [4.69, 9.17) is 4.52 Å². The van der Waals surface area contributed by atoms with Gasteiger partial charge in [-0.15, -0.1) is 0 Å². The minimum Gasteiger partial charge on any atom is -0.434 e. The van der Waals surface area contributed by atoms with Crippen LogP contribution in [0.5, 0.6) is 5.75 Å². The Bertz CT molecular complexity index is 756. The summed E-state index contributed by atoms with van der Waals surface area (Å²) >= 11 is 0. The summed E-state index contributed by atoms with van der Waals surface area (Å²) in [6.45, 7) is 3.92. The lowest BCUT2D eigenvalue weighted by Gasteiger charge is -2.15. The summed E-state index contributed by atoms with van der Waals surface area (Å²) in [6, 6.07) is 5.11. The Balaban J connectivity index is 1.84. The zero-order chi connectivity index (χ0) is 19.8. The number of aryl methyl sites for hydroxylation is 3. The number of aromatic nitrogens is 1. The van der Waals surface area contributed by atoms with E-state index in [1.165, 1.54) is 0 Å². The molecular weight excluding hydrogens is 354 g/mol. The molecule has 1 aromatic carbocycles. The molecule has 0 saturated heterocycles. The minimum absolute atomic E-state index is 0.164. The van der Waals surface area contributed by atoms with Crippen molar-refractivity contribution < 1.29 is 18.0 Å². The first-order valence-corrected chi connectivity index (χ1v) is 8.81. The molecule has 1 aromatic heterocycles. The van der Waals surface area contributed by atoms with Crippen LogP contribution in [0.2, 0.25) is 0 Å². The quantitative estimate of drug-likeness (QED) is 0.417. The van der Waals surface area contributed by atoms with Gasteiger partial charge >= 0.3 is 6.61 Å². The molecule has 8 heteroatoms. The zero-order valence-electron chi connectivity index (χ0n) is 16.1. The molecule has 1 heterocycles. The van der Waals surface area contributed by atoms with Crippen LogP contribution in [0.15, 0.2) is 27.7 Å². The predicted molar refractivity (Wildman–Crippen MR) is 100 cm³/mol. The second-order valence-corrected chi connectivity index (χ2v) is 6.25. The van der Waals surface area contributed by atoms with Crippen molar-refractivity contribution in [2.45, 2.75) is 46.8 Å². The molecule has 0 saturated carbocycles. The number of halogens is 2. The molecule has 0 atom stereocenters. The molecule has 148 valence electrons. The first-order chi connectivity index (χ1) is 12.9. The SMILES string of the molecule is CN=C(NCCCc1c(C)noc1C)NCc1cc(C)ccc1OC(F)F. The highest BCUT2D eigenvalue weighted by Crippen LogP contribution is 2.22. The summed E-state index contributed by atoms with van der Waals surface area (Å²) in [5.74, 6) is 1.61. The standard InChI is InChI=1S/C19H26F2N4O2/c1-12-7-8-17(26-18(20)21)15(10-12)11-24-19(22-4)23-9-5-6-16-13(2)25-27-14(16)3/h7-8,10,18H,5-6,9,11H2,1-4H3,(H2,22,23,24). The fourth-order valence-corrected chi connectivity index (χ4v) is 2.79. The molecule has 0 amide bonds. The van der Waals surface area contributed by atoms with E-state index < -0.39 is 6.61 Å². The van der Waals surface area contributed by atoms with Gasteiger partial charge in [0, 0.05) is 31.3 Å². The van der Waals surface area contributed by atoms with E-state index in [1.54, 1.807) is 19.2 Å². The first kappa shape index (κ1) is 20.7. The van der Waals surface area contributed by atoms with Gasteiger partial charge in [0.15, 0.2) is 5.96 Å². The highest BCUT2D eigenvalue weighted by molar-refractivity contribution is 5.79. The number of alkyl halides is 2. The Hall–Kier alpha value is -2.64. The summed E-state index contributed by atoms with van der Waals surface area (Å²) in [6.07, 6.45) is 1.74. The molecule has 0 aliphatic carbocycles. The number of aliphatic imine (C=N–C) groups is 1. The molecule has 0 spiro atoms. The van der Waals surface area contributed by atoms with Crippen LogP contribution in [-0.4, -0.2) is 31.3 Å². The van der Waals surface area contributed by atoms with Gasteiger partial charge in [-0.1, -0.05) is 22.9 Å². The van der Waals surface area contributed by atoms with E-state index >= 15 is 0 Å². The Kier molecular flexibility index (Phi) is 7.57. The van der Waals surface area contributed by atoms with Crippen molar-refractivity contribution in [2.75, 3.05) is 13.6 Å². The third-order valence-electron chi connectivity index (χ3n) is 4.18. The zero-order valence-corrected chi connectivity index (χ0v) is 16.1. The largest absolute Gasteiger partial charge is 0.434 e. The van der Waals surface area contributed by atoms with Gasteiger partial charge in [-0.25, -0.2) is 0 Å². The van der Waals surface area contributed by atoms with Crippen LogP contribution < -0.4 is 15.4 Å². The van der Waals surface area contributed by atoms with Crippen LogP contribution in [0.25, 0.3) is 0 Å². The van der Waals surface area contributed by atoms with Crippen LogP contribution in [0, 0.1) is 20.8 Å². The van der Waals surface area contributed by atoms with E-state index in [1.807, 2.05) is 26.8 Å². The van der Waals surface area contributed by atoms with E-state index in [0.717, 1.165) is 35.4 Å². The number of hydrogen-bond donors (Lipinski definition) is 2. The van der Waals surface area contributed by atoms with Gasteiger partial charge in [0.05, 0.1) is 5.69 Å². The molecule has 0 radical (unpaired) electrons. The molecular formula is C19H26F2N4O2. The van der Waals surface area contributed by atoms with Gasteiger partial charge in [0.25, 0.3) is 0 Å². The van der Waals surface area contributed by atoms with Crippen molar-refractivity contribution in [3.63, 3.8) is 0 Å². The van der Waals surface area contributed by atoms with Crippen LogP contribution in [0.4, 0.5) is 8.78 Å². The molecule has 2 N–H and O–H groups in total. The summed E-state index contributed by atoms with van der Waals surface area (Å²) < 4.78 is 34.8. The Labute approximate surface area is 158 Å². The van der Waals surface area contributed by atoms with E-state index in [2.05, 4.69) is 25.5 Å². The molecule has 6 nitrogen and oxygen atoms in total. The average Bonchev–Trinajstić information content (AvgIpc) is 2.94. The fourth-order valence-electron chi connectivity index (χ4n) is 2.79. The van der Waals surface area contributed by atoms with Gasteiger partial charge in [0.2, 0.25) is 0 Å². The van der Waals surface area contributed by atoms with Crippen LogP contribution in [-0.2, 0) is 13.0 Å². The number of benzene rings is 1. The smallest absolute Gasteiger partial charge is 0.387 e. The fraction of sp³-hybridized carbons (Fsp3) is 0.474. The maximum absolute atomic E-state index is 12.6. The van der Waals surface area contributed by atoms with Crippen molar-refractivity contribution in [3.05, 3.63) is 46.3 Å². The molecule has 2 aromatic rings. The molecule has 0 unspecified atom stereocenters. The first-order valence-electron chi connectivity index (χ1n) is 8.81. The minimum atomic E-state index is -2.85. The van der Waals surface area contributed by atoms with Crippen molar-refractivity contribution >= 4 is 5.96 Å². The molecule has 0 fully saturated rings. The normalized spacial score (nSPS) is 11.7. The lowest BCUT2D eigenvalue weighted by Crippen LogP contribution is -2.37. The second kappa shape index (κ2) is 9.89. The molecule has 27 heavy (non-hydrogen) atoms. The number of ether oxygens (including phenoxy) is 1. The molecule has 0 aliphatic heterocycles. The molecule has 2 rings (SSSR count). The summed E-state index contributed by atoms with van der Waals surface area (Å²) in [7, 11) is 1.66.